The van der Waals surface area contributed by atoms with Gasteiger partial charge in [0.25, 0.3) is 5.91 Å². The van der Waals surface area contributed by atoms with Crippen LogP contribution in [0, 0.1) is 11.6 Å². The molecule has 0 radical (unpaired) electrons. The van der Waals surface area contributed by atoms with E-state index in [1.54, 1.807) is 17.0 Å². The fraction of sp³-hybridized carbons (Fsp3) is 0.357. The number of hydrogen-bond acceptors (Lipinski definition) is 7. The molecule has 9 nitrogen and oxygen atoms in total. The van der Waals surface area contributed by atoms with Crippen molar-refractivity contribution in [1.29, 1.82) is 0 Å². The first-order chi connectivity index (χ1) is 18.9. The number of carbonyl (C=O) groups is 2. The zero-order valence-corrected chi connectivity index (χ0v) is 21.2. The molecule has 2 aliphatic heterocycles. The van der Waals surface area contributed by atoms with Gasteiger partial charge in [0.05, 0.1) is 31.3 Å². The molecule has 11 heteroatoms. The summed E-state index contributed by atoms with van der Waals surface area (Å²) >= 11 is 0. The highest BCUT2D eigenvalue weighted by molar-refractivity contribution is 5.96. The second-order valence-electron chi connectivity index (χ2n) is 9.38. The summed E-state index contributed by atoms with van der Waals surface area (Å²) in [6.45, 7) is -0.0291. The van der Waals surface area contributed by atoms with Crippen molar-refractivity contribution in [2.24, 2.45) is 0 Å². The van der Waals surface area contributed by atoms with Crippen LogP contribution < -0.4 is 10.2 Å². The van der Waals surface area contributed by atoms with E-state index in [9.17, 15) is 18.8 Å². The molecular formula is C28H27F2N3O6. The third-order valence-corrected chi connectivity index (χ3v) is 7.16. The van der Waals surface area contributed by atoms with Gasteiger partial charge in [0.2, 0.25) is 18.0 Å². The molecule has 3 aromatic rings. The predicted octanol–water partition coefficient (Wildman–Crippen LogP) is 3.43. The number of ether oxygens (including phenoxy) is 3. The van der Waals surface area contributed by atoms with Crippen LogP contribution in [0.3, 0.4) is 0 Å². The summed E-state index contributed by atoms with van der Waals surface area (Å²) in [6, 6.07) is 12.0. The molecule has 0 aliphatic carbocycles. The minimum atomic E-state index is -0.991. The summed E-state index contributed by atoms with van der Waals surface area (Å²) in [4.78, 5) is 40.0. The number of amides is 1. The molecule has 0 bridgehead atoms. The smallest absolute Gasteiger partial charge is 0.311 e. The third-order valence-electron chi connectivity index (χ3n) is 7.16. The van der Waals surface area contributed by atoms with Crippen LogP contribution in [0.2, 0.25) is 0 Å². The molecule has 1 aromatic heterocycles. The van der Waals surface area contributed by atoms with E-state index in [-0.39, 0.29) is 30.0 Å². The van der Waals surface area contributed by atoms with Crippen molar-refractivity contribution >= 4 is 11.9 Å². The van der Waals surface area contributed by atoms with E-state index in [2.05, 4.69) is 5.10 Å². The van der Waals surface area contributed by atoms with Gasteiger partial charge in [-0.3, -0.25) is 19.1 Å². The zero-order chi connectivity index (χ0) is 27.5. The number of nitrogens with zero attached hydrogens (tertiary/aromatic N) is 3. The molecule has 0 N–H and O–H groups in total. The molecule has 5 rings (SSSR count). The number of hydrogen-bond donors (Lipinski definition) is 0. The minimum Gasteiger partial charge on any atom is -0.451 e. The predicted molar refractivity (Wildman–Crippen MR) is 134 cm³/mol. The molecule has 1 saturated heterocycles. The molecule has 3 heterocycles. The van der Waals surface area contributed by atoms with E-state index in [4.69, 9.17) is 14.2 Å². The van der Waals surface area contributed by atoms with E-state index in [1.165, 1.54) is 23.9 Å². The minimum absolute atomic E-state index is 0.0122. The Balaban J connectivity index is 1.63. The first kappa shape index (κ1) is 26.5. The van der Waals surface area contributed by atoms with Gasteiger partial charge < -0.3 is 19.1 Å². The number of esters is 1. The van der Waals surface area contributed by atoms with Gasteiger partial charge >= 0.3 is 5.97 Å². The van der Waals surface area contributed by atoms with Crippen LogP contribution in [0.5, 0.6) is 5.75 Å². The van der Waals surface area contributed by atoms with E-state index in [1.807, 2.05) is 18.2 Å². The lowest BCUT2D eigenvalue weighted by Crippen LogP contribution is -2.51. The van der Waals surface area contributed by atoms with Crippen molar-refractivity contribution in [3.05, 3.63) is 93.4 Å². The topological polar surface area (TPSA) is 100.0 Å². The Bertz CT molecular complexity index is 1430. The lowest BCUT2D eigenvalue weighted by molar-refractivity contribution is -0.151. The maximum absolute atomic E-state index is 15.3. The molecule has 2 aromatic carbocycles. The van der Waals surface area contributed by atoms with E-state index < -0.39 is 53.7 Å². The number of methoxy groups -OCH3 is 1. The first-order valence-electron chi connectivity index (χ1n) is 12.6. The highest BCUT2D eigenvalue weighted by Gasteiger charge is 2.48. The second kappa shape index (κ2) is 11.3. The molecule has 0 saturated carbocycles. The molecule has 39 heavy (non-hydrogen) atoms. The highest BCUT2D eigenvalue weighted by Crippen LogP contribution is 2.46. The summed E-state index contributed by atoms with van der Waals surface area (Å²) in [7, 11) is 1.44. The first-order valence-corrected chi connectivity index (χ1v) is 12.6. The standard InChI is InChI=1S/C28H27F2N3O6/c1-37-14-12-22(35)38-16-39-27-21(34)15-31-33-25(20-11-6-13-32(20)28(36)26(27)33)23(17-7-3-2-4-8-17)18-9-5-10-19(29)24(18)30/h2-5,7-10,15,20,23,25H,6,11-14,16H2,1H3/t20-,23?,25-/m1/s1. The average molecular weight is 540 g/mol. The third kappa shape index (κ3) is 5.01. The quantitative estimate of drug-likeness (QED) is 0.303. The summed E-state index contributed by atoms with van der Waals surface area (Å²) in [5, 5.41) is 4.32. The summed E-state index contributed by atoms with van der Waals surface area (Å²) in [5.74, 6) is -4.13. The molecule has 1 fully saturated rings. The fourth-order valence-corrected chi connectivity index (χ4v) is 5.47. The Hall–Kier alpha value is -4.12. The highest BCUT2D eigenvalue weighted by atomic mass is 19.2. The maximum Gasteiger partial charge on any atom is 0.311 e. The molecule has 0 spiro atoms. The fourth-order valence-electron chi connectivity index (χ4n) is 5.47. The van der Waals surface area contributed by atoms with Crippen molar-refractivity contribution in [3.63, 3.8) is 0 Å². The van der Waals surface area contributed by atoms with Crippen molar-refractivity contribution in [2.75, 3.05) is 27.1 Å². The average Bonchev–Trinajstić information content (AvgIpc) is 3.43. The largest absolute Gasteiger partial charge is 0.451 e. The van der Waals surface area contributed by atoms with Crippen LogP contribution in [-0.2, 0) is 14.3 Å². The number of carbonyl (C=O) groups excluding carboxylic acids is 2. The molecule has 2 aliphatic rings. The number of aromatic nitrogens is 2. The summed E-state index contributed by atoms with van der Waals surface area (Å²) in [5.41, 5.74) is -0.00829. The van der Waals surface area contributed by atoms with Gasteiger partial charge in [0.1, 0.15) is 0 Å². The van der Waals surface area contributed by atoms with Gasteiger partial charge in [0.15, 0.2) is 17.3 Å². The van der Waals surface area contributed by atoms with Crippen molar-refractivity contribution in [1.82, 2.24) is 14.7 Å². The summed E-state index contributed by atoms with van der Waals surface area (Å²) < 4.78 is 46.6. The Kier molecular flexibility index (Phi) is 7.69. The van der Waals surface area contributed by atoms with Crippen molar-refractivity contribution in [3.8, 4) is 5.75 Å². The van der Waals surface area contributed by atoms with Crippen LogP contribution in [-0.4, -0.2) is 59.7 Å². The molecular weight excluding hydrogens is 512 g/mol. The van der Waals surface area contributed by atoms with E-state index in [0.717, 1.165) is 12.3 Å². The van der Waals surface area contributed by atoms with Crippen LogP contribution in [0.4, 0.5) is 8.78 Å². The summed E-state index contributed by atoms with van der Waals surface area (Å²) in [6.07, 6.45) is 2.30. The monoisotopic (exact) mass is 539 g/mol. The molecule has 1 amide bonds. The molecule has 1 unspecified atom stereocenters. The van der Waals surface area contributed by atoms with Crippen LogP contribution in [0.15, 0.2) is 59.5 Å². The Morgan fingerprint density at radius 2 is 1.92 bits per heavy atom. The lowest BCUT2D eigenvalue weighted by atomic mass is 9.79. The second-order valence-corrected chi connectivity index (χ2v) is 9.38. The van der Waals surface area contributed by atoms with Gasteiger partial charge in [-0.2, -0.15) is 5.10 Å². The van der Waals surface area contributed by atoms with E-state index >= 15 is 4.39 Å². The Morgan fingerprint density at radius 3 is 2.69 bits per heavy atom. The van der Waals surface area contributed by atoms with Crippen molar-refractivity contribution in [2.45, 2.75) is 37.3 Å². The van der Waals surface area contributed by atoms with Gasteiger partial charge in [-0.1, -0.05) is 42.5 Å². The zero-order valence-electron chi connectivity index (χ0n) is 21.2. The maximum atomic E-state index is 15.3. The van der Waals surface area contributed by atoms with E-state index in [0.29, 0.717) is 24.9 Å². The lowest BCUT2D eigenvalue weighted by Gasteiger charge is -2.42. The molecule has 3 atom stereocenters. The van der Waals surface area contributed by atoms with Gasteiger partial charge in [0, 0.05) is 25.1 Å². The molecule has 204 valence electrons. The normalized spacial score (nSPS) is 18.8. The number of rotatable bonds is 9. The van der Waals surface area contributed by atoms with Crippen LogP contribution >= 0.6 is 0 Å². The van der Waals surface area contributed by atoms with Crippen molar-refractivity contribution < 1.29 is 32.6 Å². The van der Waals surface area contributed by atoms with Gasteiger partial charge in [-0.15, -0.1) is 0 Å². The van der Waals surface area contributed by atoms with Gasteiger partial charge in [-0.05, 0) is 24.5 Å². The number of fused-ring (bicyclic) bond motifs is 2. The number of benzene rings is 2. The number of halogens is 2. The van der Waals surface area contributed by atoms with Gasteiger partial charge in [-0.25, -0.2) is 8.78 Å². The van der Waals surface area contributed by atoms with Crippen LogP contribution in [0.25, 0.3) is 0 Å². The van der Waals surface area contributed by atoms with Crippen LogP contribution in [0.1, 0.15) is 52.8 Å². The SMILES string of the molecule is COCCC(=O)OCOc1c2n(ncc1=O)[C@@H](C(c1ccccc1)c1cccc(F)c1F)[C@H]1CCCN1C2=O. The Labute approximate surface area is 222 Å². The Morgan fingerprint density at radius 1 is 1.13 bits per heavy atom.